The maximum atomic E-state index is 12.6. The predicted octanol–water partition coefficient (Wildman–Crippen LogP) is 3.87. The van der Waals surface area contributed by atoms with Gasteiger partial charge in [-0.05, 0) is 54.3 Å². The van der Waals surface area contributed by atoms with Crippen LogP contribution in [-0.2, 0) is 11.2 Å². The number of carbonyl (C=O) groups excluding carboxylic acids is 1. The van der Waals surface area contributed by atoms with Gasteiger partial charge in [0.2, 0.25) is 5.91 Å². The van der Waals surface area contributed by atoms with Crippen molar-refractivity contribution >= 4 is 44.5 Å². The van der Waals surface area contributed by atoms with E-state index in [0.717, 1.165) is 39.6 Å². The van der Waals surface area contributed by atoms with Crippen molar-refractivity contribution in [1.29, 1.82) is 0 Å². The number of nitrogens with zero attached hydrogens (tertiary/aromatic N) is 3. The molecule has 0 radical (unpaired) electrons. The molecule has 4 rings (SSSR count). The van der Waals surface area contributed by atoms with Crippen molar-refractivity contribution in [3.8, 4) is 9.88 Å². The van der Waals surface area contributed by atoms with E-state index in [2.05, 4.69) is 37.3 Å². The van der Waals surface area contributed by atoms with Crippen molar-refractivity contribution in [2.75, 3.05) is 26.2 Å². The summed E-state index contributed by atoms with van der Waals surface area (Å²) >= 11 is 6.77. The molecule has 0 N–H and O–H groups in total. The predicted molar refractivity (Wildman–Crippen MR) is 103 cm³/mol. The van der Waals surface area contributed by atoms with Gasteiger partial charge in [0, 0.05) is 34.4 Å². The zero-order valence-corrected chi connectivity index (χ0v) is 16.6. The fraction of sp³-hybridized carbons (Fsp3) is 0.529. The maximum absolute atomic E-state index is 12.6. The van der Waals surface area contributed by atoms with Crippen LogP contribution in [0.5, 0.6) is 0 Å². The van der Waals surface area contributed by atoms with E-state index in [4.69, 9.17) is 0 Å². The number of likely N-dealkylation sites (tertiary alicyclic amines) is 2. The van der Waals surface area contributed by atoms with Gasteiger partial charge in [-0.2, -0.15) is 0 Å². The van der Waals surface area contributed by atoms with Crippen LogP contribution < -0.4 is 0 Å². The van der Waals surface area contributed by atoms with Crippen molar-refractivity contribution in [2.24, 2.45) is 0 Å². The van der Waals surface area contributed by atoms with E-state index in [-0.39, 0.29) is 5.91 Å². The topological polar surface area (TPSA) is 36.4 Å². The Kier molecular flexibility index (Phi) is 5.03. The van der Waals surface area contributed by atoms with Gasteiger partial charge >= 0.3 is 0 Å². The highest BCUT2D eigenvalue weighted by molar-refractivity contribution is 9.10. The molecule has 2 aliphatic heterocycles. The van der Waals surface area contributed by atoms with Gasteiger partial charge in [-0.3, -0.25) is 9.69 Å². The second kappa shape index (κ2) is 7.23. The minimum absolute atomic E-state index is 0.223. The number of hydrogen-bond donors (Lipinski definition) is 0. The lowest BCUT2D eigenvalue weighted by atomic mass is 10.2. The standard InChI is InChI=1S/C17H20BrN3OS2/c18-12-7-15(23-10-12)17-19-13(11-24-17)8-16(22)21-6-3-14(9-21)20-4-1-2-5-20/h7,10-11,14H,1-6,8-9H2. The van der Waals surface area contributed by atoms with Crippen molar-refractivity contribution in [1.82, 2.24) is 14.8 Å². The molecule has 0 aliphatic carbocycles. The Balaban J connectivity index is 1.35. The lowest BCUT2D eigenvalue weighted by Crippen LogP contribution is -2.37. The molecule has 4 heterocycles. The molecule has 0 aromatic carbocycles. The van der Waals surface area contributed by atoms with Crippen LogP contribution in [-0.4, -0.2) is 52.9 Å². The Bertz CT molecular complexity index is 723. The summed E-state index contributed by atoms with van der Waals surface area (Å²) in [5, 5.41) is 5.09. The molecule has 1 unspecified atom stereocenters. The Hall–Kier alpha value is -0.760. The summed E-state index contributed by atoms with van der Waals surface area (Å²) < 4.78 is 1.08. The summed E-state index contributed by atoms with van der Waals surface area (Å²) in [7, 11) is 0. The average Bonchev–Trinajstić information content (AvgIpc) is 3.34. The Morgan fingerprint density at radius 3 is 2.83 bits per heavy atom. The lowest BCUT2D eigenvalue weighted by molar-refractivity contribution is -0.129. The minimum Gasteiger partial charge on any atom is -0.341 e. The Morgan fingerprint density at radius 2 is 2.08 bits per heavy atom. The number of amides is 1. The summed E-state index contributed by atoms with van der Waals surface area (Å²) in [6, 6.07) is 2.65. The molecule has 0 saturated carbocycles. The molecule has 128 valence electrons. The Morgan fingerprint density at radius 1 is 1.25 bits per heavy atom. The first-order chi connectivity index (χ1) is 11.7. The van der Waals surface area contributed by atoms with Crippen molar-refractivity contribution in [2.45, 2.75) is 31.7 Å². The van der Waals surface area contributed by atoms with E-state index in [1.807, 2.05) is 10.3 Å². The molecule has 0 spiro atoms. The lowest BCUT2D eigenvalue weighted by Gasteiger charge is -2.23. The first kappa shape index (κ1) is 16.7. The van der Waals surface area contributed by atoms with Crippen molar-refractivity contribution in [3.63, 3.8) is 0 Å². The van der Waals surface area contributed by atoms with Gasteiger partial charge in [-0.1, -0.05) is 0 Å². The number of thiophene rings is 1. The van der Waals surface area contributed by atoms with Gasteiger partial charge in [0.05, 0.1) is 17.0 Å². The molecule has 0 bridgehead atoms. The number of carbonyl (C=O) groups is 1. The molecule has 2 aromatic heterocycles. The summed E-state index contributed by atoms with van der Waals surface area (Å²) in [5.74, 6) is 0.223. The fourth-order valence-corrected chi connectivity index (χ4v) is 5.89. The van der Waals surface area contributed by atoms with E-state index in [1.54, 1.807) is 22.7 Å². The molecule has 1 atom stereocenters. The molecule has 1 amide bonds. The minimum atomic E-state index is 0.223. The third kappa shape index (κ3) is 3.59. The van der Waals surface area contributed by atoms with Gasteiger partial charge in [-0.15, -0.1) is 22.7 Å². The zero-order chi connectivity index (χ0) is 16.5. The van der Waals surface area contributed by atoms with Crippen LogP contribution in [0.15, 0.2) is 21.3 Å². The molecular weight excluding hydrogens is 406 g/mol. The van der Waals surface area contributed by atoms with Crippen LogP contribution >= 0.6 is 38.6 Å². The van der Waals surface area contributed by atoms with Gasteiger partial charge in [0.25, 0.3) is 0 Å². The van der Waals surface area contributed by atoms with Crippen LogP contribution in [0.3, 0.4) is 0 Å². The molecule has 24 heavy (non-hydrogen) atoms. The third-order valence-corrected chi connectivity index (χ3v) is 7.59. The van der Waals surface area contributed by atoms with Gasteiger partial charge in [0.15, 0.2) is 0 Å². The van der Waals surface area contributed by atoms with Crippen LogP contribution in [0.2, 0.25) is 0 Å². The van der Waals surface area contributed by atoms with Crippen LogP contribution in [0.4, 0.5) is 0 Å². The van der Waals surface area contributed by atoms with Gasteiger partial charge < -0.3 is 4.90 Å². The second-order valence-corrected chi connectivity index (χ2v) is 9.16. The van der Waals surface area contributed by atoms with E-state index in [0.29, 0.717) is 12.5 Å². The number of thiazole rings is 1. The Labute approximate surface area is 158 Å². The average molecular weight is 426 g/mol. The van der Waals surface area contributed by atoms with Crippen molar-refractivity contribution < 1.29 is 4.79 Å². The number of rotatable bonds is 4. The number of halogens is 1. The molecule has 2 aliphatic rings. The second-order valence-electron chi connectivity index (χ2n) is 6.48. The monoisotopic (exact) mass is 425 g/mol. The molecule has 2 saturated heterocycles. The highest BCUT2D eigenvalue weighted by Gasteiger charge is 2.31. The number of aromatic nitrogens is 1. The molecule has 4 nitrogen and oxygen atoms in total. The first-order valence-electron chi connectivity index (χ1n) is 8.39. The highest BCUT2D eigenvalue weighted by Crippen LogP contribution is 2.32. The van der Waals surface area contributed by atoms with Crippen molar-refractivity contribution in [3.05, 3.63) is 27.0 Å². The first-order valence-corrected chi connectivity index (χ1v) is 10.9. The zero-order valence-electron chi connectivity index (χ0n) is 13.4. The molecule has 2 fully saturated rings. The fourth-order valence-electron chi connectivity index (χ4n) is 3.57. The normalized spacial score (nSPS) is 21.7. The summed E-state index contributed by atoms with van der Waals surface area (Å²) in [6.45, 7) is 4.21. The summed E-state index contributed by atoms with van der Waals surface area (Å²) in [4.78, 5) is 23.0. The van der Waals surface area contributed by atoms with Crippen LogP contribution in [0, 0.1) is 0 Å². The van der Waals surface area contributed by atoms with Gasteiger partial charge in [0.1, 0.15) is 5.01 Å². The summed E-state index contributed by atoms with van der Waals surface area (Å²) in [6.07, 6.45) is 4.17. The molecule has 7 heteroatoms. The highest BCUT2D eigenvalue weighted by atomic mass is 79.9. The quantitative estimate of drug-likeness (QED) is 0.745. The van der Waals surface area contributed by atoms with E-state index >= 15 is 0 Å². The van der Waals surface area contributed by atoms with Crippen LogP contribution in [0.25, 0.3) is 9.88 Å². The van der Waals surface area contributed by atoms with E-state index in [9.17, 15) is 4.79 Å². The smallest absolute Gasteiger partial charge is 0.228 e. The molecule has 2 aromatic rings. The summed E-state index contributed by atoms with van der Waals surface area (Å²) in [5.41, 5.74) is 0.897. The van der Waals surface area contributed by atoms with Crippen LogP contribution in [0.1, 0.15) is 25.0 Å². The maximum Gasteiger partial charge on any atom is 0.228 e. The molecular formula is C17H20BrN3OS2. The van der Waals surface area contributed by atoms with Gasteiger partial charge in [-0.25, -0.2) is 4.98 Å². The SMILES string of the molecule is O=C(Cc1csc(-c2cc(Br)cs2)n1)N1CCC(N2CCCC2)C1. The van der Waals surface area contributed by atoms with E-state index in [1.165, 1.54) is 25.9 Å². The van der Waals surface area contributed by atoms with E-state index < -0.39 is 0 Å². The number of hydrogen-bond acceptors (Lipinski definition) is 5. The third-order valence-electron chi connectivity index (χ3n) is 4.84. The largest absolute Gasteiger partial charge is 0.341 e.